The van der Waals surface area contributed by atoms with E-state index in [0.717, 1.165) is 12.2 Å². The maximum Gasteiger partial charge on any atom is 0.251 e. The van der Waals surface area contributed by atoms with Crippen molar-refractivity contribution >= 4 is 17.5 Å². The van der Waals surface area contributed by atoms with Crippen molar-refractivity contribution in [3.63, 3.8) is 0 Å². The largest absolute Gasteiger partial charge is 0.493 e. The molecular weight excluding hydrogens is 380 g/mol. The van der Waals surface area contributed by atoms with Gasteiger partial charge in [0.05, 0.1) is 12.9 Å². The van der Waals surface area contributed by atoms with E-state index in [1.807, 2.05) is 29.0 Å². The Kier molecular flexibility index (Phi) is 6.08. The number of anilines is 1. The Bertz CT molecular complexity index is 1020. The van der Waals surface area contributed by atoms with Crippen molar-refractivity contribution in [2.45, 2.75) is 19.4 Å². The molecule has 0 spiro atoms. The quantitative estimate of drug-likeness (QED) is 0.634. The van der Waals surface area contributed by atoms with Gasteiger partial charge in [-0.2, -0.15) is 0 Å². The summed E-state index contributed by atoms with van der Waals surface area (Å²) in [5, 5.41) is 5.83. The predicted octanol–water partition coefficient (Wildman–Crippen LogP) is 2.89. The van der Waals surface area contributed by atoms with Gasteiger partial charge in [-0.25, -0.2) is 4.98 Å². The maximum absolute atomic E-state index is 12.6. The first-order valence-electron chi connectivity index (χ1n) is 10.0. The van der Waals surface area contributed by atoms with Crippen molar-refractivity contribution in [1.82, 2.24) is 14.9 Å². The molecule has 0 saturated heterocycles. The number of carbonyl (C=O) groups excluding carboxylic acids is 2. The SMILES string of the molecule is O=C(CCn1ccnc1)Nc1cccc(C(=O)NCC2COc3ccccc3C2)c1. The van der Waals surface area contributed by atoms with Gasteiger partial charge in [0.15, 0.2) is 0 Å². The molecule has 0 aliphatic carbocycles. The van der Waals surface area contributed by atoms with E-state index in [4.69, 9.17) is 4.74 Å². The highest BCUT2D eigenvalue weighted by Crippen LogP contribution is 2.26. The molecule has 3 aromatic rings. The smallest absolute Gasteiger partial charge is 0.251 e. The second-order valence-electron chi connectivity index (χ2n) is 7.38. The standard InChI is InChI=1S/C23H24N4O3/c28-22(8-10-27-11-9-24-16-27)26-20-6-3-5-19(13-20)23(29)25-14-17-12-18-4-1-2-7-21(18)30-15-17/h1-7,9,11,13,16-17H,8,10,12,14-15H2,(H,25,29)(H,26,28). The molecule has 2 aromatic carbocycles. The van der Waals surface area contributed by atoms with E-state index in [-0.39, 0.29) is 17.7 Å². The van der Waals surface area contributed by atoms with Gasteiger partial charge in [-0.3, -0.25) is 9.59 Å². The third-order valence-electron chi connectivity index (χ3n) is 5.07. The molecule has 1 aliphatic heterocycles. The third-order valence-corrected chi connectivity index (χ3v) is 5.07. The molecule has 0 fully saturated rings. The van der Waals surface area contributed by atoms with Crippen LogP contribution in [0.2, 0.25) is 0 Å². The summed E-state index contributed by atoms with van der Waals surface area (Å²) in [6, 6.07) is 15.0. The van der Waals surface area contributed by atoms with Crippen LogP contribution in [0.5, 0.6) is 5.75 Å². The lowest BCUT2D eigenvalue weighted by atomic mass is 9.96. The van der Waals surface area contributed by atoms with Crippen LogP contribution in [0.1, 0.15) is 22.3 Å². The minimum absolute atomic E-state index is 0.112. The number of hydrogen-bond donors (Lipinski definition) is 2. The summed E-state index contributed by atoms with van der Waals surface area (Å²) in [6.45, 7) is 1.68. The normalized spacial score (nSPS) is 15.0. The molecule has 2 N–H and O–H groups in total. The molecule has 0 saturated carbocycles. The first-order valence-corrected chi connectivity index (χ1v) is 10.0. The van der Waals surface area contributed by atoms with Crippen LogP contribution in [0.3, 0.4) is 0 Å². The van der Waals surface area contributed by atoms with Crippen LogP contribution < -0.4 is 15.4 Å². The second kappa shape index (κ2) is 9.26. The number of aromatic nitrogens is 2. The number of para-hydroxylation sites is 1. The van der Waals surface area contributed by atoms with E-state index in [1.54, 1.807) is 36.8 Å². The molecule has 1 atom stereocenters. The third kappa shape index (κ3) is 5.05. The highest BCUT2D eigenvalue weighted by atomic mass is 16.5. The number of nitrogens with zero attached hydrogens (tertiary/aromatic N) is 2. The first kappa shape index (κ1) is 19.7. The number of aryl methyl sites for hydroxylation is 1. The number of carbonyl (C=O) groups is 2. The predicted molar refractivity (Wildman–Crippen MR) is 113 cm³/mol. The van der Waals surface area contributed by atoms with Gasteiger partial charge < -0.3 is 19.9 Å². The Morgan fingerprint density at radius 1 is 1.17 bits per heavy atom. The summed E-state index contributed by atoms with van der Waals surface area (Å²) in [4.78, 5) is 28.7. The van der Waals surface area contributed by atoms with Crippen LogP contribution >= 0.6 is 0 Å². The topological polar surface area (TPSA) is 85.2 Å². The lowest BCUT2D eigenvalue weighted by Gasteiger charge is -2.25. The van der Waals surface area contributed by atoms with Gasteiger partial charge in [0, 0.05) is 49.1 Å². The molecule has 1 aliphatic rings. The molecule has 1 aromatic heterocycles. The number of rotatable bonds is 7. The number of nitrogens with one attached hydrogen (secondary N) is 2. The van der Waals surface area contributed by atoms with Crippen LogP contribution in [0, 0.1) is 5.92 Å². The molecule has 0 bridgehead atoms. The van der Waals surface area contributed by atoms with E-state index >= 15 is 0 Å². The van der Waals surface area contributed by atoms with E-state index in [9.17, 15) is 9.59 Å². The highest BCUT2D eigenvalue weighted by Gasteiger charge is 2.20. The molecule has 7 nitrogen and oxygen atoms in total. The molecule has 30 heavy (non-hydrogen) atoms. The van der Waals surface area contributed by atoms with E-state index in [0.29, 0.717) is 37.4 Å². The fourth-order valence-electron chi connectivity index (χ4n) is 3.47. The lowest BCUT2D eigenvalue weighted by Crippen LogP contribution is -2.34. The van der Waals surface area contributed by atoms with Crippen molar-refractivity contribution in [3.05, 3.63) is 78.4 Å². The van der Waals surface area contributed by atoms with Crippen molar-refractivity contribution in [2.24, 2.45) is 5.92 Å². The number of benzene rings is 2. The lowest BCUT2D eigenvalue weighted by molar-refractivity contribution is -0.116. The van der Waals surface area contributed by atoms with Crippen LogP contribution in [0.25, 0.3) is 0 Å². The number of ether oxygens (including phenoxy) is 1. The molecular formula is C23H24N4O3. The van der Waals surface area contributed by atoms with Crippen LogP contribution in [-0.4, -0.2) is 34.5 Å². The molecule has 154 valence electrons. The number of hydrogen-bond acceptors (Lipinski definition) is 4. The fourth-order valence-corrected chi connectivity index (χ4v) is 3.47. The zero-order valence-electron chi connectivity index (χ0n) is 16.6. The summed E-state index contributed by atoms with van der Waals surface area (Å²) in [5.74, 6) is 0.883. The Morgan fingerprint density at radius 3 is 2.93 bits per heavy atom. The van der Waals surface area contributed by atoms with Crippen molar-refractivity contribution in [3.8, 4) is 5.75 Å². The average molecular weight is 404 g/mol. The van der Waals surface area contributed by atoms with Crippen molar-refractivity contribution in [1.29, 1.82) is 0 Å². The summed E-state index contributed by atoms with van der Waals surface area (Å²) in [5.41, 5.74) is 2.29. The summed E-state index contributed by atoms with van der Waals surface area (Å²) < 4.78 is 7.63. The van der Waals surface area contributed by atoms with Gasteiger partial charge in [0.2, 0.25) is 5.91 Å². The summed E-state index contributed by atoms with van der Waals surface area (Å²) >= 11 is 0. The molecule has 7 heteroatoms. The van der Waals surface area contributed by atoms with Crippen LogP contribution in [0.15, 0.2) is 67.3 Å². The zero-order chi connectivity index (χ0) is 20.8. The van der Waals surface area contributed by atoms with Crippen molar-refractivity contribution in [2.75, 3.05) is 18.5 Å². The Morgan fingerprint density at radius 2 is 2.07 bits per heavy atom. The molecule has 2 amide bonds. The monoisotopic (exact) mass is 404 g/mol. The number of amides is 2. The molecule has 1 unspecified atom stereocenters. The molecule has 0 radical (unpaired) electrons. The molecule has 4 rings (SSSR count). The average Bonchev–Trinajstić information content (AvgIpc) is 3.30. The van der Waals surface area contributed by atoms with E-state index in [1.165, 1.54) is 5.56 Å². The van der Waals surface area contributed by atoms with Crippen LogP contribution in [0.4, 0.5) is 5.69 Å². The van der Waals surface area contributed by atoms with E-state index in [2.05, 4.69) is 21.7 Å². The minimum Gasteiger partial charge on any atom is -0.493 e. The van der Waals surface area contributed by atoms with E-state index < -0.39 is 0 Å². The first-order chi connectivity index (χ1) is 14.7. The summed E-state index contributed by atoms with van der Waals surface area (Å²) in [6.07, 6.45) is 6.37. The molecule has 2 heterocycles. The van der Waals surface area contributed by atoms with Crippen molar-refractivity contribution < 1.29 is 14.3 Å². The highest BCUT2D eigenvalue weighted by molar-refractivity contribution is 5.97. The minimum atomic E-state index is -0.164. The Labute approximate surface area is 175 Å². The van der Waals surface area contributed by atoms with Crippen LogP contribution in [-0.2, 0) is 17.8 Å². The number of fused-ring (bicyclic) bond motifs is 1. The van der Waals surface area contributed by atoms with Gasteiger partial charge in [-0.15, -0.1) is 0 Å². The Balaban J connectivity index is 1.28. The fraction of sp³-hybridized carbons (Fsp3) is 0.261. The van der Waals surface area contributed by atoms with Gasteiger partial charge in [0.25, 0.3) is 5.91 Å². The Hall–Kier alpha value is -3.61. The van der Waals surface area contributed by atoms with Gasteiger partial charge in [-0.1, -0.05) is 24.3 Å². The number of imidazole rings is 1. The van der Waals surface area contributed by atoms with Gasteiger partial charge in [0.1, 0.15) is 5.75 Å². The zero-order valence-corrected chi connectivity index (χ0v) is 16.6. The maximum atomic E-state index is 12.6. The summed E-state index contributed by atoms with van der Waals surface area (Å²) in [7, 11) is 0. The van der Waals surface area contributed by atoms with Gasteiger partial charge >= 0.3 is 0 Å². The second-order valence-corrected chi connectivity index (χ2v) is 7.38. The van der Waals surface area contributed by atoms with Gasteiger partial charge in [-0.05, 0) is 36.2 Å².